The monoisotopic (exact) mass is 556 g/mol. The molecule has 1 aliphatic heterocycles. The summed E-state index contributed by atoms with van der Waals surface area (Å²) in [4.78, 5) is 28.5. The number of halogens is 1. The lowest BCUT2D eigenvalue weighted by Gasteiger charge is -2.34. The van der Waals surface area contributed by atoms with Gasteiger partial charge in [0, 0.05) is 59.7 Å². The number of aromatic nitrogens is 4. The minimum absolute atomic E-state index is 0.129. The standard InChI is InChI=1S/C26H33BrN6O3/c1-26(2,3)23(33-15-20(29-30-33)16-7-8-16)25(36)32-14-17(34)13-22(32)24(35)28-10-12-31-11-9-18-19(27)5-4-6-21(18)31/h4-6,9,11,15-17,22-23,34H,7-8,10,12-14H2,1-3H3,(H,28,35)/t17?,22?,23-/m1/s1. The third kappa shape index (κ3) is 4.93. The third-order valence-corrected chi connectivity index (χ3v) is 7.81. The van der Waals surface area contributed by atoms with Crippen molar-refractivity contribution >= 4 is 38.6 Å². The SMILES string of the molecule is CC(C)(C)[C@@H](C(=O)N1CC(O)CC1C(=O)NCCn1ccc2c(Br)cccc21)n1cc(C2CC2)nn1. The molecule has 9 nitrogen and oxygen atoms in total. The largest absolute Gasteiger partial charge is 0.391 e. The molecule has 192 valence electrons. The van der Waals surface area contributed by atoms with E-state index in [1.165, 1.54) is 4.90 Å². The number of nitrogens with zero attached hydrogens (tertiary/aromatic N) is 5. The van der Waals surface area contributed by atoms with Crippen molar-refractivity contribution in [3.8, 4) is 0 Å². The van der Waals surface area contributed by atoms with Gasteiger partial charge >= 0.3 is 0 Å². The molecule has 1 aromatic carbocycles. The number of hydrogen-bond acceptors (Lipinski definition) is 5. The fourth-order valence-corrected chi connectivity index (χ4v) is 5.61. The second-order valence-corrected chi connectivity index (χ2v) is 11.9. The number of β-amino-alcohol motifs (C(OH)–C–C–N with tert-alkyl or cyclic N) is 1. The van der Waals surface area contributed by atoms with Crippen LogP contribution in [0.4, 0.5) is 0 Å². The van der Waals surface area contributed by atoms with Crippen LogP contribution >= 0.6 is 15.9 Å². The van der Waals surface area contributed by atoms with E-state index in [-0.39, 0.29) is 24.8 Å². The summed E-state index contributed by atoms with van der Waals surface area (Å²) in [6, 6.07) is 6.73. The van der Waals surface area contributed by atoms with Crippen molar-refractivity contribution < 1.29 is 14.7 Å². The number of aliphatic hydroxyl groups is 1. The van der Waals surface area contributed by atoms with E-state index in [0.29, 0.717) is 19.0 Å². The van der Waals surface area contributed by atoms with Crippen LogP contribution in [-0.4, -0.2) is 66.6 Å². The molecular weight excluding hydrogens is 524 g/mol. The van der Waals surface area contributed by atoms with E-state index in [1.807, 2.05) is 57.4 Å². The van der Waals surface area contributed by atoms with Crippen LogP contribution in [0.5, 0.6) is 0 Å². The molecule has 3 atom stereocenters. The molecule has 1 aliphatic carbocycles. The van der Waals surface area contributed by atoms with E-state index in [9.17, 15) is 14.7 Å². The molecule has 2 unspecified atom stereocenters. The number of rotatable bonds is 7. The topological polar surface area (TPSA) is 105 Å². The van der Waals surface area contributed by atoms with Gasteiger partial charge in [0.1, 0.15) is 12.1 Å². The quantitative estimate of drug-likeness (QED) is 0.464. The van der Waals surface area contributed by atoms with Gasteiger partial charge in [0.25, 0.3) is 0 Å². The average Bonchev–Trinajstić information content (AvgIpc) is 3.21. The van der Waals surface area contributed by atoms with Crippen LogP contribution in [0, 0.1) is 5.41 Å². The van der Waals surface area contributed by atoms with Crippen molar-refractivity contribution in [2.75, 3.05) is 13.1 Å². The summed E-state index contributed by atoms with van der Waals surface area (Å²) in [5, 5.41) is 23.1. The number of carbonyl (C=O) groups is 2. The molecule has 36 heavy (non-hydrogen) atoms. The number of amides is 2. The lowest BCUT2D eigenvalue weighted by atomic mass is 9.85. The van der Waals surface area contributed by atoms with Gasteiger partial charge in [-0.1, -0.05) is 48.0 Å². The van der Waals surface area contributed by atoms with Crippen LogP contribution in [0.25, 0.3) is 10.9 Å². The Bertz CT molecular complexity index is 1270. The lowest BCUT2D eigenvalue weighted by Crippen LogP contribution is -2.50. The summed E-state index contributed by atoms with van der Waals surface area (Å²) in [5.74, 6) is -0.0321. The van der Waals surface area contributed by atoms with Gasteiger partial charge in [0.15, 0.2) is 0 Å². The van der Waals surface area contributed by atoms with E-state index in [1.54, 1.807) is 4.68 Å². The van der Waals surface area contributed by atoms with E-state index in [2.05, 4.69) is 36.1 Å². The Morgan fingerprint density at radius 2 is 2.03 bits per heavy atom. The molecule has 2 N–H and O–H groups in total. The van der Waals surface area contributed by atoms with Gasteiger partial charge < -0.3 is 19.9 Å². The van der Waals surface area contributed by atoms with Crippen LogP contribution < -0.4 is 5.32 Å². The van der Waals surface area contributed by atoms with Crippen molar-refractivity contribution in [2.45, 2.75) is 70.7 Å². The normalized spacial score (nSPS) is 21.2. The van der Waals surface area contributed by atoms with Gasteiger partial charge in [-0.2, -0.15) is 0 Å². The molecule has 2 aromatic heterocycles. The van der Waals surface area contributed by atoms with Crippen molar-refractivity contribution in [3.63, 3.8) is 0 Å². The van der Waals surface area contributed by atoms with Gasteiger partial charge in [-0.05, 0) is 36.5 Å². The first-order chi connectivity index (χ1) is 17.1. The predicted molar refractivity (Wildman–Crippen MR) is 139 cm³/mol. The zero-order valence-electron chi connectivity index (χ0n) is 20.9. The molecule has 0 bridgehead atoms. The Hall–Kier alpha value is -2.72. The molecule has 1 saturated carbocycles. The van der Waals surface area contributed by atoms with Crippen LogP contribution in [0.2, 0.25) is 0 Å². The Balaban J connectivity index is 1.28. The van der Waals surface area contributed by atoms with Gasteiger partial charge in [0.05, 0.1) is 11.8 Å². The van der Waals surface area contributed by atoms with Crippen LogP contribution in [-0.2, 0) is 16.1 Å². The highest BCUT2D eigenvalue weighted by Crippen LogP contribution is 2.40. The Labute approximate surface area is 219 Å². The number of nitrogens with one attached hydrogen (secondary N) is 1. The van der Waals surface area contributed by atoms with Crippen molar-refractivity contribution in [1.29, 1.82) is 0 Å². The highest BCUT2D eigenvalue weighted by atomic mass is 79.9. The minimum atomic E-state index is -0.742. The average molecular weight is 557 g/mol. The molecule has 3 aromatic rings. The van der Waals surface area contributed by atoms with E-state index < -0.39 is 23.6 Å². The fourth-order valence-electron chi connectivity index (χ4n) is 5.12. The Morgan fingerprint density at radius 1 is 1.25 bits per heavy atom. The maximum atomic E-state index is 13.8. The number of fused-ring (bicyclic) bond motifs is 1. The van der Waals surface area contributed by atoms with Gasteiger partial charge in [-0.3, -0.25) is 9.59 Å². The molecule has 10 heteroatoms. The molecule has 2 fully saturated rings. The van der Waals surface area contributed by atoms with Gasteiger partial charge in [0.2, 0.25) is 11.8 Å². The molecule has 2 amide bonds. The maximum absolute atomic E-state index is 13.8. The van der Waals surface area contributed by atoms with E-state index >= 15 is 0 Å². The predicted octanol–water partition coefficient (Wildman–Crippen LogP) is 3.24. The Kier molecular flexibility index (Phi) is 6.67. The molecular formula is C26H33BrN6O3. The summed E-state index contributed by atoms with van der Waals surface area (Å²) in [5.41, 5.74) is 1.54. The number of benzene rings is 1. The number of aliphatic hydroxyl groups excluding tert-OH is 1. The van der Waals surface area contributed by atoms with E-state index in [4.69, 9.17) is 0 Å². The molecule has 1 saturated heterocycles. The summed E-state index contributed by atoms with van der Waals surface area (Å²) >= 11 is 3.57. The third-order valence-electron chi connectivity index (χ3n) is 7.12. The highest BCUT2D eigenvalue weighted by molar-refractivity contribution is 9.10. The first-order valence-electron chi connectivity index (χ1n) is 12.5. The fraction of sp³-hybridized carbons (Fsp3) is 0.538. The van der Waals surface area contributed by atoms with E-state index in [0.717, 1.165) is 33.9 Å². The smallest absolute Gasteiger partial charge is 0.248 e. The van der Waals surface area contributed by atoms with Crippen LogP contribution in [0.1, 0.15) is 57.7 Å². The van der Waals surface area contributed by atoms with Crippen molar-refractivity contribution in [2.24, 2.45) is 5.41 Å². The Morgan fingerprint density at radius 3 is 2.75 bits per heavy atom. The summed E-state index contributed by atoms with van der Waals surface area (Å²) in [6.07, 6.45) is 5.55. The molecule has 5 rings (SSSR count). The number of carbonyl (C=O) groups excluding carboxylic acids is 2. The highest BCUT2D eigenvalue weighted by Gasteiger charge is 2.45. The maximum Gasteiger partial charge on any atom is 0.248 e. The molecule has 2 aliphatic rings. The zero-order valence-corrected chi connectivity index (χ0v) is 22.5. The lowest BCUT2D eigenvalue weighted by molar-refractivity contribution is -0.144. The first-order valence-corrected chi connectivity index (χ1v) is 13.3. The van der Waals surface area contributed by atoms with Gasteiger partial charge in [-0.25, -0.2) is 4.68 Å². The second-order valence-electron chi connectivity index (χ2n) is 11.0. The van der Waals surface area contributed by atoms with Crippen LogP contribution in [0.3, 0.4) is 0 Å². The zero-order chi connectivity index (χ0) is 25.6. The second kappa shape index (κ2) is 9.63. The summed E-state index contributed by atoms with van der Waals surface area (Å²) in [6.45, 7) is 7.09. The van der Waals surface area contributed by atoms with Gasteiger partial charge in [-0.15, -0.1) is 5.10 Å². The molecule has 0 radical (unpaired) electrons. The van der Waals surface area contributed by atoms with Crippen molar-refractivity contribution in [3.05, 3.63) is 46.8 Å². The molecule has 3 heterocycles. The number of hydrogen-bond donors (Lipinski definition) is 2. The molecule has 0 spiro atoms. The number of likely N-dealkylation sites (tertiary alicyclic amines) is 1. The van der Waals surface area contributed by atoms with Crippen molar-refractivity contribution in [1.82, 2.24) is 29.8 Å². The first kappa shape index (κ1) is 25.0. The van der Waals surface area contributed by atoms with Crippen LogP contribution in [0.15, 0.2) is 41.1 Å². The minimum Gasteiger partial charge on any atom is -0.391 e. The summed E-state index contributed by atoms with van der Waals surface area (Å²) in [7, 11) is 0. The summed E-state index contributed by atoms with van der Waals surface area (Å²) < 4.78 is 4.76.